The lowest BCUT2D eigenvalue weighted by Crippen LogP contribution is -2.47. The normalized spacial score (nSPS) is 20.3. The van der Waals surface area contributed by atoms with E-state index in [-0.39, 0.29) is 23.8 Å². The Morgan fingerprint density at radius 1 is 0.897 bits per heavy atom. The molecule has 0 radical (unpaired) electrons. The number of anilines is 1. The number of carbonyl (C=O) groups is 3. The molecular formula is C31H41N3O5. The Balaban J connectivity index is 1.44. The summed E-state index contributed by atoms with van der Waals surface area (Å²) in [6.45, 7) is 9.76. The molecule has 2 atom stereocenters. The first kappa shape index (κ1) is 28.5. The second-order valence-electron chi connectivity index (χ2n) is 11.4. The molecule has 2 aromatic carbocycles. The largest absolute Gasteiger partial charge is 0.466 e. The van der Waals surface area contributed by atoms with E-state index >= 15 is 0 Å². The summed E-state index contributed by atoms with van der Waals surface area (Å²) >= 11 is 0. The van der Waals surface area contributed by atoms with Crippen molar-refractivity contribution >= 4 is 23.8 Å². The van der Waals surface area contributed by atoms with Crippen molar-refractivity contribution < 1.29 is 23.9 Å². The topological polar surface area (TPSA) is 88.2 Å². The lowest BCUT2D eigenvalue weighted by Gasteiger charge is -2.38. The van der Waals surface area contributed by atoms with E-state index < -0.39 is 11.7 Å². The number of amides is 3. The molecule has 0 aliphatic carbocycles. The fourth-order valence-electron chi connectivity index (χ4n) is 5.50. The molecule has 1 N–H and O–H groups in total. The number of nitrogens with zero attached hydrogens (tertiary/aromatic N) is 2. The summed E-state index contributed by atoms with van der Waals surface area (Å²) in [6, 6.07) is 17.9. The van der Waals surface area contributed by atoms with Crippen molar-refractivity contribution in [3.8, 4) is 0 Å². The van der Waals surface area contributed by atoms with Gasteiger partial charge in [0, 0.05) is 37.8 Å². The highest BCUT2D eigenvalue weighted by atomic mass is 16.6. The molecule has 2 unspecified atom stereocenters. The van der Waals surface area contributed by atoms with E-state index in [2.05, 4.69) is 29.6 Å². The van der Waals surface area contributed by atoms with Crippen LogP contribution in [0.2, 0.25) is 0 Å². The Kier molecular flexibility index (Phi) is 9.15. The van der Waals surface area contributed by atoms with Gasteiger partial charge in [0.1, 0.15) is 5.60 Å². The minimum atomic E-state index is -0.607. The molecule has 4 rings (SSSR count). The molecule has 2 heterocycles. The highest BCUT2D eigenvalue weighted by Crippen LogP contribution is 2.35. The Morgan fingerprint density at radius 2 is 1.56 bits per heavy atom. The maximum absolute atomic E-state index is 13.1. The summed E-state index contributed by atoms with van der Waals surface area (Å²) < 4.78 is 11.0. The Bertz CT molecular complexity index is 1140. The summed E-state index contributed by atoms with van der Waals surface area (Å²) in [4.78, 5) is 42.3. The second kappa shape index (κ2) is 12.5. The molecule has 8 heteroatoms. The van der Waals surface area contributed by atoms with Crippen LogP contribution in [0.1, 0.15) is 69.9 Å². The SMILES string of the molecule is CCOC(=O)C1CCN(C(=O)OC(C)(C)C)CC1c1cccc(NC(=O)N2CCC(c3ccccc3)CC2)c1. The van der Waals surface area contributed by atoms with Crippen molar-refractivity contribution in [3.63, 3.8) is 0 Å². The Hall–Kier alpha value is -3.55. The fourth-order valence-corrected chi connectivity index (χ4v) is 5.50. The average Bonchev–Trinajstić information content (AvgIpc) is 2.92. The Morgan fingerprint density at radius 3 is 2.23 bits per heavy atom. The number of esters is 1. The number of ether oxygens (including phenoxy) is 2. The summed E-state index contributed by atoms with van der Waals surface area (Å²) in [5.41, 5.74) is 2.26. The van der Waals surface area contributed by atoms with Crippen LogP contribution < -0.4 is 5.32 Å². The van der Waals surface area contributed by atoms with Gasteiger partial charge in [-0.3, -0.25) is 4.79 Å². The molecule has 2 saturated heterocycles. The quantitative estimate of drug-likeness (QED) is 0.475. The maximum atomic E-state index is 13.1. The predicted octanol–water partition coefficient (Wildman–Crippen LogP) is 6.00. The van der Waals surface area contributed by atoms with Gasteiger partial charge in [-0.1, -0.05) is 42.5 Å². The van der Waals surface area contributed by atoms with E-state index in [1.54, 1.807) is 11.8 Å². The second-order valence-corrected chi connectivity index (χ2v) is 11.4. The third-order valence-corrected chi connectivity index (χ3v) is 7.47. The average molecular weight is 536 g/mol. The molecule has 8 nitrogen and oxygen atoms in total. The van der Waals surface area contributed by atoms with Crippen LogP contribution in [0.5, 0.6) is 0 Å². The van der Waals surface area contributed by atoms with E-state index in [4.69, 9.17) is 9.47 Å². The predicted molar refractivity (Wildman–Crippen MR) is 151 cm³/mol. The van der Waals surface area contributed by atoms with Crippen molar-refractivity contribution in [1.29, 1.82) is 0 Å². The van der Waals surface area contributed by atoms with E-state index in [9.17, 15) is 14.4 Å². The van der Waals surface area contributed by atoms with Crippen molar-refractivity contribution in [2.45, 2.75) is 64.4 Å². The van der Waals surface area contributed by atoms with Crippen molar-refractivity contribution in [3.05, 3.63) is 65.7 Å². The van der Waals surface area contributed by atoms with Crippen LogP contribution in [0.15, 0.2) is 54.6 Å². The van der Waals surface area contributed by atoms with Crippen molar-refractivity contribution in [1.82, 2.24) is 9.80 Å². The molecule has 0 spiro atoms. The minimum absolute atomic E-state index is 0.125. The zero-order valence-electron chi connectivity index (χ0n) is 23.5. The smallest absolute Gasteiger partial charge is 0.410 e. The number of nitrogens with one attached hydrogen (secondary N) is 1. The first-order chi connectivity index (χ1) is 18.6. The third-order valence-electron chi connectivity index (χ3n) is 7.47. The van der Waals surface area contributed by atoms with Gasteiger partial charge in [-0.05, 0) is 76.1 Å². The number of piperidine rings is 2. The van der Waals surface area contributed by atoms with Gasteiger partial charge < -0.3 is 24.6 Å². The van der Waals surface area contributed by atoms with Crippen LogP contribution in [0.25, 0.3) is 0 Å². The molecule has 2 aromatic rings. The highest BCUT2D eigenvalue weighted by Gasteiger charge is 2.39. The number of carbonyl (C=O) groups excluding carboxylic acids is 3. The lowest BCUT2D eigenvalue weighted by molar-refractivity contribution is -0.150. The summed E-state index contributed by atoms with van der Waals surface area (Å²) in [6.07, 6.45) is 1.95. The van der Waals surface area contributed by atoms with Crippen LogP contribution in [0.4, 0.5) is 15.3 Å². The van der Waals surface area contributed by atoms with Gasteiger partial charge in [-0.15, -0.1) is 0 Å². The highest BCUT2D eigenvalue weighted by molar-refractivity contribution is 5.89. The minimum Gasteiger partial charge on any atom is -0.466 e. The summed E-state index contributed by atoms with van der Waals surface area (Å²) in [7, 11) is 0. The molecule has 2 aliphatic rings. The number of hydrogen-bond donors (Lipinski definition) is 1. The Labute approximate surface area is 231 Å². The molecule has 2 fully saturated rings. The van der Waals surface area contributed by atoms with Crippen molar-refractivity contribution in [2.75, 3.05) is 38.1 Å². The zero-order chi connectivity index (χ0) is 28.0. The van der Waals surface area contributed by atoms with E-state index in [1.807, 2.05) is 56.0 Å². The number of hydrogen-bond acceptors (Lipinski definition) is 5. The number of urea groups is 1. The van der Waals surface area contributed by atoms with E-state index in [0.717, 1.165) is 18.4 Å². The first-order valence-electron chi connectivity index (χ1n) is 14.0. The van der Waals surface area contributed by atoms with Gasteiger partial charge in [-0.2, -0.15) is 0 Å². The van der Waals surface area contributed by atoms with Crippen molar-refractivity contribution in [2.24, 2.45) is 5.92 Å². The lowest BCUT2D eigenvalue weighted by atomic mass is 9.80. The molecule has 210 valence electrons. The van der Waals surface area contributed by atoms with E-state index in [0.29, 0.717) is 50.8 Å². The van der Waals surface area contributed by atoms with Crippen LogP contribution in [0.3, 0.4) is 0 Å². The molecule has 2 aliphatic heterocycles. The van der Waals surface area contributed by atoms with Crippen LogP contribution >= 0.6 is 0 Å². The van der Waals surface area contributed by atoms with E-state index in [1.165, 1.54) is 5.56 Å². The van der Waals surface area contributed by atoms with Gasteiger partial charge in [0.05, 0.1) is 12.5 Å². The van der Waals surface area contributed by atoms with Crippen LogP contribution in [-0.4, -0.2) is 66.3 Å². The first-order valence-corrected chi connectivity index (χ1v) is 14.0. The molecule has 0 aromatic heterocycles. The van der Waals surface area contributed by atoms with Gasteiger partial charge in [0.2, 0.25) is 0 Å². The number of rotatable bonds is 5. The molecule has 39 heavy (non-hydrogen) atoms. The van der Waals surface area contributed by atoms with Crippen LogP contribution in [0, 0.1) is 5.92 Å². The van der Waals surface area contributed by atoms with Gasteiger partial charge in [0.15, 0.2) is 0 Å². The monoisotopic (exact) mass is 535 g/mol. The third kappa shape index (κ3) is 7.52. The van der Waals surface area contributed by atoms with Crippen LogP contribution in [-0.2, 0) is 14.3 Å². The van der Waals surface area contributed by atoms with Gasteiger partial charge in [0.25, 0.3) is 0 Å². The molecular weight excluding hydrogens is 494 g/mol. The molecule has 0 bridgehead atoms. The summed E-state index contributed by atoms with van der Waals surface area (Å²) in [5.74, 6) is -0.449. The number of benzene rings is 2. The molecule has 3 amide bonds. The standard InChI is InChI=1S/C31H41N3O5/c1-5-38-28(35)26-16-19-34(30(37)39-31(2,3)4)21-27(26)24-12-9-13-25(20-24)32-29(36)33-17-14-23(15-18-33)22-10-7-6-8-11-22/h6-13,20,23,26-27H,5,14-19,21H2,1-4H3,(H,32,36). The van der Waals surface area contributed by atoms with Gasteiger partial charge in [-0.25, -0.2) is 9.59 Å². The molecule has 0 saturated carbocycles. The fraction of sp³-hybridized carbons (Fsp3) is 0.516. The summed E-state index contributed by atoms with van der Waals surface area (Å²) in [5, 5.41) is 3.05. The number of likely N-dealkylation sites (tertiary alicyclic amines) is 2. The van der Waals surface area contributed by atoms with Gasteiger partial charge >= 0.3 is 18.1 Å². The maximum Gasteiger partial charge on any atom is 0.410 e. The zero-order valence-corrected chi connectivity index (χ0v) is 23.5.